The molecule has 0 spiro atoms. The summed E-state index contributed by atoms with van der Waals surface area (Å²) in [6.45, 7) is 2.36. The van der Waals surface area contributed by atoms with E-state index in [1.807, 2.05) is 33.8 Å². The summed E-state index contributed by atoms with van der Waals surface area (Å²) < 4.78 is 1.86. The number of carbonyl (C=O) groups is 1. The number of likely N-dealkylation sites (tertiary alicyclic amines) is 1. The maximum Gasteiger partial charge on any atom is 0.321 e. The molecule has 4 rings (SSSR count). The molecule has 0 bridgehead atoms. The fourth-order valence-electron chi connectivity index (χ4n) is 3.14. The minimum Gasteiger partial charge on any atom is -0.325 e. The van der Waals surface area contributed by atoms with Gasteiger partial charge < -0.3 is 10.2 Å². The number of amides is 2. The van der Waals surface area contributed by atoms with Gasteiger partial charge in [0.15, 0.2) is 0 Å². The number of urea groups is 1. The van der Waals surface area contributed by atoms with Gasteiger partial charge in [-0.15, -0.1) is 0 Å². The van der Waals surface area contributed by atoms with Crippen molar-refractivity contribution in [1.29, 1.82) is 0 Å². The lowest BCUT2D eigenvalue weighted by molar-refractivity contribution is 0.175. The average Bonchev–Trinajstić information content (AvgIpc) is 3.37. The zero-order chi connectivity index (χ0) is 17.8. The Morgan fingerprint density at radius 3 is 2.46 bits per heavy atom. The lowest BCUT2D eigenvalue weighted by Crippen LogP contribution is -2.41. The Kier molecular flexibility index (Phi) is 4.59. The van der Waals surface area contributed by atoms with Gasteiger partial charge in [-0.3, -0.25) is 4.68 Å². The first-order valence-electron chi connectivity index (χ1n) is 8.63. The van der Waals surface area contributed by atoms with Crippen molar-refractivity contribution >= 4 is 11.7 Å². The topological polar surface area (TPSA) is 93.8 Å². The second-order valence-electron chi connectivity index (χ2n) is 6.34. The number of nitrogens with one attached hydrogen (secondary N) is 1. The van der Waals surface area contributed by atoms with E-state index in [4.69, 9.17) is 0 Å². The monoisotopic (exact) mass is 352 g/mol. The minimum absolute atomic E-state index is 0.0610. The fraction of sp³-hybridized carbons (Fsp3) is 0.353. The Morgan fingerprint density at radius 1 is 1.08 bits per heavy atom. The van der Waals surface area contributed by atoms with Gasteiger partial charge >= 0.3 is 6.03 Å². The number of hydrogen-bond donors (Lipinski definition) is 1. The van der Waals surface area contributed by atoms with Crippen LogP contribution in [-0.2, 0) is 6.54 Å². The van der Waals surface area contributed by atoms with Crippen LogP contribution in [0, 0.1) is 5.92 Å². The summed E-state index contributed by atoms with van der Waals surface area (Å²) in [5.41, 5.74) is 1.61. The lowest BCUT2D eigenvalue weighted by Gasteiger charge is -2.31. The molecule has 1 aliphatic rings. The van der Waals surface area contributed by atoms with E-state index >= 15 is 0 Å². The summed E-state index contributed by atoms with van der Waals surface area (Å²) in [5.74, 6) is 0.529. The summed E-state index contributed by atoms with van der Waals surface area (Å²) in [4.78, 5) is 19.8. The number of piperidine rings is 1. The smallest absolute Gasteiger partial charge is 0.321 e. The molecular formula is C17H20N8O. The van der Waals surface area contributed by atoms with Crippen molar-refractivity contribution in [2.24, 2.45) is 5.92 Å². The summed E-state index contributed by atoms with van der Waals surface area (Å²) >= 11 is 0. The Balaban J connectivity index is 1.28. The number of benzene rings is 1. The Bertz CT molecular complexity index is 820. The molecule has 3 aromatic rings. The van der Waals surface area contributed by atoms with Crippen LogP contribution in [0.15, 0.2) is 49.3 Å². The van der Waals surface area contributed by atoms with Gasteiger partial charge in [0.25, 0.3) is 0 Å². The molecule has 3 heterocycles. The van der Waals surface area contributed by atoms with Crippen molar-refractivity contribution in [2.45, 2.75) is 19.4 Å². The van der Waals surface area contributed by atoms with E-state index < -0.39 is 0 Å². The maximum absolute atomic E-state index is 12.5. The van der Waals surface area contributed by atoms with Gasteiger partial charge in [0.05, 0.1) is 18.1 Å². The van der Waals surface area contributed by atoms with E-state index in [1.54, 1.807) is 25.0 Å². The summed E-state index contributed by atoms with van der Waals surface area (Å²) in [5, 5.41) is 15.3. The Morgan fingerprint density at radius 2 is 1.81 bits per heavy atom. The predicted octanol–water partition coefficient (Wildman–Crippen LogP) is 1.80. The van der Waals surface area contributed by atoms with Crippen molar-refractivity contribution in [2.75, 3.05) is 18.4 Å². The SMILES string of the molecule is O=C(Nc1ccc(-n2nccn2)cc1)N1CCC(Cn2cncn2)CC1. The van der Waals surface area contributed by atoms with Crippen LogP contribution < -0.4 is 5.32 Å². The average molecular weight is 352 g/mol. The third kappa shape index (κ3) is 3.71. The van der Waals surface area contributed by atoms with Gasteiger partial charge in [-0.2, -0.15) is 20.1 Å². The number of carbonyl (C=O) groups excluding carboxylic acids is 1. The first-order chi connectivity index (χ1) is 12.8. The zero-order valence-corrected chi connectivity index (χ0v) is 14.3. The predicted molar refractivity (Wildman–Crippen MR) is 94.7 cm³/mol. The number of hydrogen-bond acceptors (Lipinski definition) is 5. The van der Waals surface area contributed by atoms with E-state index in [0.29, 0.717) is 5.92 Å². The molecule has 0 radical (unpaired) electrons. The number of aromatic nitrogens is 6. The van der Waals surface area contributed by atoms with E-state index in [-0.39, 0.29) is 6.03 Å². The highest BCUT2D eigenvalue weighted by molar-refractivity contribution is 5.89. The fourth-order valence-corrected chi connectivity index (χ4v) is 3.14. The second kappa shape index (κ2) is 7.34. The highest BCUT2D eigenvalue weighted by atomic mass is 16.2. The standard InChI is InChI=1S/C17H20N8O/c26-17(22-15-1-3-16(4-2-15)25-19-7-8-20-25)23-9-5-14(6-10-23)11-24-13-18-12-21-24/h1-4,7-8,12-14H,5-6,9-11H2,(H,22,26). The quantitative estimate of drug-likeness (QED) is 0.773. The lowest BCUT2D eigenvalue weighted by atomic mass is 9.97. The van der Waals surface area contributed by atoms with Gasteiger partial charge in [0.1, 0.15) is 12.7 Å². The molecule has 1 aliphatic heterocycles. The number of nitrogens with zero attached hydrogens (tertiary/aromatic N) is 7. The first kappa shape index (κ1) is 16.2. The van der Waals surface area contributed by atoms with E-state index in [9.17, 15) is 4.79 Å². The highest BCUT2D eigenvalue weighted by Gasteiger charge is 2.23. The highest BCUT2D eigenvalue weighted by Crippen LogP contribution is 2.20. The van der Waals surface area contributed by atoms with Crippen LogP contribution in [0.1, 0.15) is 12.8 Å². The van der Waals surface area contributed by atoms with Crippen molar-refractivity contribution in [1.82, 2.24) is 34.7 Å². The molecule has 2 amide bonds. The third-order valence-electron chi connectivity index (χ3n) is 4.58. The second-order valence-corrected chi connectivity index (χ2v) is 6.34. The molecule has 9 nitrogen and oxygen atoms in total. The molecule has 26 heavy (non-hydrogen) atoms. The molecule has 0 aliphatic carbocycles. The minimum atomic E-state index is -0.0610. The van der Waals surface area contributed by atoms with Crippen LogP contribution in [0.4, 0.5) is 10.5 Å². The van der Waals surface area contributed by atoms with Gasteiger partial charge in [-0.1, -0.05) is 0 Å². The third-order valence-corrected chi connectivity index (χ3v) is 4.58. The largest absolute Gasteiger partial charge is 0.325 e. The van der Waals surface area contributed by atoms with E-state index in [1.165, 1.54) is 4.80 Å². The van der Waals surface area contributed by atoms with Gasteiger partial charge in [-0.05, 0) is 43.0 Å². The van der Waals surface area contributed by atoms with Crippen LogP contribution in [-0.4, -0.2) is 53.8 Å². The molecule has 134 valence electrons. The molecule has 1 saturated heterocycles. The molecule has 0 unspecified atom stereocenters. The van der Waals surface area contributed by atoms with Crippen LogP contribution in [0.2, 0.25) is 0 Å². The van der Waals surface area contributed by atoms with E-state index in [0.717, 1.165) is 43.9 Å². The molecule has 0 atom stereocenters. The first-order valence-corrected chi connectivity index (χ1v) is 8.63. The maximum atomic E-state index is 12.5. The van der Waals surface area contributed by atoms with Crippen LogP contribution in [0.25, 0.3) is 5.69 Å². The van der Waals surface area contributed by atoms with Gasteiger partial charge in [0.2, 0.25) is 0 Å². The van der Waals surface area contributed by atoms with Gasteiger partial charge in [-0.25, -0.2) is 9.78 Å². The Labute approximate surface area is 150 Å². The number of rotatable bonds is 4. The molecule has 0 saturated carbocycles. The van der Waals surface area contributed by atoms with Crippen molar-refractivity contribution in [3.63, 3.8) is 0 Å². The number of anilines is 1. The van der Waals surface area contributed by atoms with E-state index in [2.05, 4.69) is 25.6 Å². The summed E-state index contributed by atoms with van der Waals surface area (Å²) in [6.07, 6.45) is 8.48. The normalized spacial score (nSPS) is 15.2. The molecule has 1 fully saturated rings. The summed E-state index contributed by atoms with van der Waals surface area (Å²) in [6, 6.07) is 7.40. The van der Waals surface area contributed by atoms with Gasteiger partial charge in [0, 0.05) is 25.3 Å². The summed E-state index contributed by atoms with van der Waals surface area (Å²) in [7, 11) is 0. The van der Waals surface area contributed by atoms with Crippen LogP contribution >= 0.6 is 0 Å². The molecular weight excluding hydrogens is 332 g/mol. The molecule has 2 aromatic heterocycles. The van der Waals surface area contributed by atoms with Crippen LogP contribution in [0.3, 0.4) is 0 Å². The van der Waals surface area contributed by atoms with Crippen molar-refractivity contribution in [3.8, 4) is 5.69 Å². The molecule has 1 aromatic carbocycles. The van der Waals surface area contributed by atoms with Crippen molar-refractivity contribution in [3.05, 3.63) is 49.3 Å². The Hall–Kier alpha value is -3.23. The molecule has 1 N–H and O–H groups in total. The van der Waals surface area contributed by atoms with Crippen LogP contribution in [0.5, 0.6) is 0 Å². The molecule has 9 heteroatoms. The van der Waals surface area contributed by atoms with Crippen molar-refractivity contribution < 1.29 is 4.79 Å². The zero-order valence-electron chi connectivity index (χ0n) is 14.3.